The molecule has 6 rings (SSSR count). The molecule has 2 aliphatic carbocycles. The van der Waals surface area contributed by atoms with E-state index in [9.17, 15) is 9.59 Å². The van der Waals surface area contributed by atoms with Crippen molar-refractivity contribution < 1.29 is 14.3 Å². The Morgan fingerprint density at radius 2 is 1.89 bits per heavy atom. The van der Waals surface area contributed by atoms with E-state index in [4.69, 9.17) is 21.9 Å². The van der Waals surface area contributed by atoms with Crippen molar-refractivity contribution in [1.82, 2.24) is 10.6 Å². The lowest BCUT2D eigenvalue weighted by molar-refractivity contribution is -0.124. The van der Waals surface area contributed by atoms with Gasteiger partial charge >= 0.3 is 0 Å². The van der Waals surface area contributed by atoms with Crippen LogP contribution in [0.5, 0.6) is 5.75 Å². The molecule has 0 spiro atoms. The van der Waals surface area contributed by atoms with E-state index in [-0.39, 0.29) is 23.8 Å². The molecule has 36 heavy (non-hydrogen) atoms. The summed E-state index contributed by atoms with van der Waals surface area (Å²) in [5.41, 5.74) is 20.7. The minimum atomic E-state index is -1.46. The quantitative estimate of drug-likeness (QED) is 0.335. The summed E-state index contributed by atoms with van der Waals surface area (Å²) in [5.74, 6) is 0.186. The van der Waals surface area contributed by atoms with Crippen molar-refractivity contribution in [2.24, 2.45) is 11.5 Å². The number of thiophene rings is 1. The molecular weight excluding hydrogens is 474 g/mol. The Bertz CT molecular complexity index is 1340. The second-order valence-electron chi connectivity index (χ2n) is 10.1. The lowest BCUT2D eigenvalue weighted by Gasteiger charge is -2.36. The monoisotopic (exact) mass is 505 g/mol. The highest BCUT2D eigenvalue weighted by atomic mass is 32.1. The van der Waals surface area contributed by atoms with Crippen LogP contribution in [0.2, 0.25) is 0 Å². The maximum Gasteiger partial charge on any atom is 0.262 e. The van der Waals surface area contributed by atoms with Crippen LogP contribution in [0.1, 0.15) is 64.5 Å². The largest absolute Gasteiger partial charge is 0.490 e. The van der Waals surface area contributed by atoms with Crippen molar-refractivity contribution >= 4 is 38.8 Å². The molecule has 3 unspecified atom stereocenters. The number of carbonyl (C=O) groups excluding carboxylic acids is 2. The molecule has 3 aliphatic rings. The fourth-order valence-corrected chi connectivity index (χ4v) is 6.75. The molecule has 1 saturated carbocycles. The number of hydrogen-bond donors (Lipinski definition) is 5. The molecule has 1 amide bonds. The molecule has 2 fully saturated rings. The number of Topliss-reactive ketones (excluding diaryl/α,β-unsaturated/α-hetero) is 1. The summed E-state index contributed by atoms with van der Waals surface area (Å²) in [7, 11) is 0. The molecule has 2 aromatic carbocycles. The minimum Gasteiger partial charge on any atom is -0.490 e. The molecule has 1 aromatic heterocycles. The first kappa shape index (κ1) is 23.4. The van der Waals surface area contributed by atoms with Gasteiger partial charge in [0.15, 0.2) is 5.78 Å². The summed E-state index contributed by atoms with van der Waals surface area (Å²) >= 11 is 1.28. The molecule has 2 heterocycles. The molecule has 1 saturated heterocycles. The van der Waals surface area contributed by atoms with Crippen LogP contribution in [0.25, 0.3) is 10.1 Å². The van der Waals surface area contributed by atoms with Gasteiger partial charge in [-0.25, -0.2) is 0 Å². The summed E-state index contributed by atoms with van der Waals surface area (Å²) < 4.78 is 6.71. The number of ether oxygens (including phenoxy) is 1. The Hall–Kier alpha value is -2.98. The van der Waals surface area contributed by atoms with E-state index in [2.05, 4.69) is 10.6 Å². The van der Waals surface area contributed by atoms with E-state index in [1.807, 2.05) is 24.3 Å². The molecule has 1 aliphatic heterocycles. The number of nitrogens with one attached hydrogen (secondary N) is 2. The fourth-order valence-electron chi connectivity index (χ4n) is 5.55. The number of piperidine rings is 1. The normalized spacial score (nSPS) is 26.0. The third kappa shape index (κ3) is 3.61. The van der Waals surface area contributed by atoms with Crippen LogP contribution in [0.3, 0.4) is 0 Å². The highest BCUT2D eigenvalue weighted by Gasteiger charge is 2.48. The Labute approximate surface area is 213 Å². The summed E-state index contributed by atoms with van der Waals surface area (Å²) in [6.45, 7) is 1.67. The number of anilines is 1. The second-order valence-corrected chi connectivity index (χ2v) is 11.1. The number of benzene rings is 2. The number of rotatable bonds is 5. The Balaban J connectivity index is 1.42. The van der Waals surface area contributed by atoms with Gasteiger partial charge < -0.3 is 32.6 Å². The Kier molecular flexibility index (Phi) is 5.75. The third-order valence-electron chi connectivity index (χ3n) is 7.82. The number of nitrogens with two attached hydrogens (primary N) is 3. The molecule has 188 valence electrons. The number of ketones is 1. The van der Waals surface area contributed by atoms with Crippen LogP contribution >= 0.6 is 11.3 Å². The zero-order chi connectivity index (χ0) is 25.0. The van der Waals surface area contributed by atoms with Crippen LogP contribution in [0, 0.1) is 0 Å². The Morgan fingerprint density at radius 3 is 2.56 bits per heavy atom. The first-order chi connectivity index (χ1) is 17.4. The smallest absolute Gasteiger partial charge is 0.262 e. The zero-order valence-electron chi connectivity index (χ0n) is 20.0. The van der Waals surface area contributed by atoms with E-state index in [1.165, 1.54) is 17.8 Å². The average molecular weight is 506 g/mol. The molecule has 3 atom stereocenters. The maximum absolute atomic E-state index is 13.9. The first-order valence-electron chi connectivity index (χ1n) is 12.6. The van der Waals surface area contributed by atoms with Gasteiger partial charge in [0.05, 0.1) is 21.7 Å². The minimum absolute atomic E-state index is 0.0327. The van der Waals surface area contributed by atoms with E-state index >= 15 is 0 Å². The third-order valence-corrected chi connectivity index (χ3v) is 9.07. The van der Waals surface area contributed by atoms with Gasteiger partial charge in [0, 0.05) is 29.2 Å². The number of amides is 1. The van der Waals surface area contributed by atoms with Crippen molar-refractivity contribution in [1.29, 1.82) is 0 Å². The zero-order valence-corrected chi connectivity index (χ0v) is 20.8. The molecule has 3 aromatic rings. The van der Waals surface area contributed by atoms with Crippen molar-refractivity contribution in [3.8, 4) is 5.75 Å². The van der Waals surface area contributed by atoms with Crippen molar-refractivity contribution in [3.05, 3.63) is 58.0 Å². The van der Waals surface area contributed by atoms with E-state index in [0.717, 1.165) is 54.6 Å². The van der Waals surface area contributed by atoms with Crippen LogP contribution in [0.4, 0.5) is 5.69 Å². The lowest BCUT2D eigenvalue weighted by Crippen LogP contribution is -2.52. The van der Waals surface area contributed by atoms with E-state index in [1.54, 1.807) is 12.1 Å². The highest BCUT2D eigenvalue weighted by Crippen LogP contribution is 2.49. The lowest BCUT2D eigenvalue weighted by atomic mass is 9.70. The average Bonchev–Trinajstić information content (AvgIpc) is 3.27. The van der Waals surface area contributed by atoms with Crippen LogP contribution < -0.4 is 32.6 Å². The van der Waals surface area contributed by atoms with Crippen LogP contribution in [0.15, 0.2) is 36.4 Å². The van der Waals surface area contributed by atoms with Gasteiger partial charge in [0.2, 0.25) is 0 Å². The van der Waals surface area contributed by atoms with Gasteiger partial charge in [-0.1, -0.05) is 18.2 Å². The van der Waals surface area contributed by atoms with Gasteiger partial charge in [-0.15, -0.1) is 11.3 Å². The van der Waals surface area contributed by atoms with Crippen molar-refractivity contribution in [3.63, 3.8) is 0 Å². The number of carbonyl (C=O) groups is 2. The first-order valence-corrected chi connectivity index (χ1v) is 13.4. The van der Waals surface area contributed by atoms with E-state index < -0.39 is 11.6 Å². The van der Waals surface area contributed by atoms with Crippen LogP contribution in [-0.2, 0) is 10.3 Å². The Morgan fingerprint density at radius 1 is 1.11 bits per heavy atom. The van der Waals surface area contributed by atoms with Gasteiger partial charge in [-0.3, -0.25) is 9.59 Å². The number of hydrogen-bond acceptors (Lipinski definition) is 8. The number of nitrogen functional groups attached to an aromatic ring is 1. The van der Waals surface area contributed by atoms with Crippen LogP contribution in [-0.4, -0.2) is 36.9 Å². The van der Waals surface area contributed by atoms with Gasteiger partial charge in [-0.2, -0.15) is 0 Å². The topological polar surface area (TPSA) is 145 Å². The van der Waals surface area contributed by atoms with Gasteiger partial charge in [0.25, 0.3) is 5.91 Å². The molecule has 8 nitrogen and oxygen atoms in total. The standard InChI is InChI=1S/C27H31N5O3S/c28-19-11-10-18-20-21(24(36-23(19)20)26(34)32-15-3-2-12-31-13-15)22(29)25(33)27(18,30)14-6-8-17(9-7-14)35-16-4-1-5-16/h6-11,15-16,22,31H,1-5,12-13,28-30H2,(H,32,34). The van der Waals surface area contributed by atoms with Gasteiger partial charge in [-0.05, 0) is 68.0 Å². The predicted molar refractivity (Wildman–Crippen MR) is 141 cm³/mol. The summed E-state index contributed by atoms with van der Waals surface area (Å²) in [6, 6.07) is 9.92. The summed E-state index contributed by atoms with van der Waals surface area (Å²) in [4.78, 5) is 27.7. The summed E-state index contributed by atoms with van der Waals surface area (Å²) in [5, 5.41) is 7.13. The molecule has 9 heteroatoms. The summed E-state index contributed by atoms with van der Waals surface area (Å²) in [6.07, 6.45) is 5.48. The highest BCUT2D eigenvalue weighted by molar-refractivity contribution is 7.21. The molecule has 8 N–H and O–H groups in total. The molecule has 0 bridgehead atoms. The van der Waals surface area contributed by atoms with Crippen molar-refractivity contribution in [2.75, 3.05) is 18.8 Å². The second kappa shape index (κ2) is 8.85. The maximum atomic E-state index is 13.9. The predicted octanol–water partition coefficient (Wildman–Crippen LogP) is 2.68. The molecular formula is C27H31N5O3S. The fraction of sp³-hybridized carbons (Fsp3) is 0.407. The van der Waals surface area contributed by atoms with E-state index in [0.29, 0.717) is 27.3 Å². The molecule has 0 radical (unpaired) electrons. The van der Waals surface area contributed by atoms with Crippen molar-refractivity contribution in [2.45, 2.75) is 55.8 Å². The van der Waals surface area contributed by atoms with Gasteiger partial charge in [0.1, 0.15) is 11.3 Å². The SMILES string of the molecule is Nc1ccc2c3c(c(C(=O)NC4CCCNC4)sc13)C(N)C(=O)C2(N)c1ccc(OC2CCC2)cc1.